The molecule has 0 saturated carbocycles. The highest BCUT2D eigenvalue weighted by molar-refractivity contribution is 9.10. The highest BCUT2D eigenvalue weighted by Gasteiger charge is 2.36. The van der Waals surface area contributed by atoms with E-state index in [0.717, 1.165) is 34.9 Å². The van der Waals surface area contributed by atoms with Crippen LogP contribution in [0.2, 0.25) is 0 Å². The predicted molar refractivity (Wildman–Crippen MR) is 110 cm³/mol. The van der Waals surface area contributed by atoms with Crippen molar-refractivity contribution < 1.29 is 28.0 Å². The smallest absolute Gasteiger partial charge is 0.416 e. The highest BCUT2D eigenvalue weighted by Crippen LogP contribution is 2.40. The van der Waals surface area contributed by atoms with Gasteiger partial charge in [0.2, 0.25) is 5.75 Å². The van der Waals surface area contributed by atoms with E-state index in [-0.39, 0.29) is 24.9 Å². The van der Waals surface area contributed by atoms with Gasteiger partial charge in [-0.05, 0) is 51.8 Å². The lowest BCUT2D eigenvalue weighted by molar-refractivity contribution is -0.386. The summed E-state index contributed by atoms with van der Waals surface area (Å²) < 4.78 is 38.9. The van der Waals surface area contributed by atoms with Crippen LogP contribution in [0.3, 0.4) is 0 Å². The summed E-state index contributed by atoms with van der Waals surface area (Å²) in [4.78, 5) is 24.0. The Balaban J connectivity index is 1.99. The zero-order chi connectivity index (χ0) is 21.5. The number of thioether (sulfide) groups is 1. The second kappa shape index (κ2) is 7.76. The van der Waals surface area contributed by atoms with Crippen LogP contribution in [0.4, 0.5) is 24.5 Å². The average molecular weight is 505 g/mol. The van der Waals surface area contributed by atoms with Crippen LogP contribution in [0, 0.1) is 10.1 Å². The first-order chi connectivity index (χ1) is 13.5. The average Bonchev–Trinajstić information content (AvgIpc) is 2.90. The number of nitrogens with zero attached hydrogens (tertiary/aromatic N) is 2. The van der Waals surface area contributed by atoms with Gasteiger partial charge in [-0.1, -0.05) is 30.0 Å². The van der Waals surface area contributed by atoms with Gasteiger partial charge < -0.3 is 5.11 Å². The Kier molecular flexibility index (Phi) is 5.70. The van der Waals surface area contributed by atoms with Crippen molar-refractivity contribution in [3.05, 3.63) is 67.0 Å². The fraction of sp³-hybridized carbons (Fsp3) is 0.0588. The Hall–Kier alpha value is -2.44. The molecule has 0 spiro atoms. The molecule has 2 aromatic carbocycles. The molecular weight excluding hydrogens is 497 g/mol. The Morgan fingerprint density at radius 1 is 1.28 bits per heavy atom. The number of carbonyl (C=O) groups is 1. The molecule has 150 valence electrons. The maximum absolute atomic E-state index is 13.0. The Morgan fingerprint density at radius 3 is 2.59 bits per heavy atom. The van der Waals surface area contributed by atoms with Crippen molar-refractivity contribution in [2.24, 2.45) is 0 Å². The van der Waals surface area contributed by atoms with Gasteiger partial charge in [-0.3, -0.25) is 19.8 Å². The number of rotatable bonds is 3. The quantitative estimate of drug-likeness (QED) is 0.257. The fourth-order valence-corrected chi connectivity index (χ4v) is 4.26. The van der Waals surface area contributed by atoms with Crippen LogP contribution in [-0.4, -0.2) is 20.3 Å². The Bertz CT molecular complexity index is 1090. The molecular formula is C17H8BrF3N2O4S2. The molecule has 0 unspecified atom stereocenters. The van der Waals surface area contributed by atoms with E-state index in [1.165, 1.54) is 24.3 Å². The molecule has 12 heteroatoms. The molecule has 29 heavy (non-hydrogen) atoms. The second-order valence-electron chi connectivity index (χ2n) is 5.69. The number of anilines is 1. The standard InChI is InChI=1S/C17H8BrF3N2O4S2/c18-11-4-8(5-12(14(11)24)23(26)27)6-13-15(25)22(16(28)29-13)10-3-1-2-9(7-10)17(19,20)21/h1-7,24H/b13-6-. The molecule has 1 aliphatic rings. The highest BCUT2D eigenvalue weighted by atomic mass is 79.9. The molecule has 1 saturated heterocycles. The minimum Gasteiger partial charge on any atom is -0.501 e. The summed E-state index contributed by atoms with van der Waals surface area (Å²) >= 11 is 8.98. The lowest BCUT2D eigenvalue weighted by Crippen LogP contribution is -2.27. The largest absolute Gasteiger partial charge is 0.501 e. The maximum atomic E-state index is 13.0. The van der Waals surface area contributed by atoms with Gasteiger partial charge in [0.15, 0.2) is 4.32 Å². The lowest BCUT2D eigenvalue weighted by atomic mass is 10.1. The van der Waals surface area contributed by atoms with Gasteiger partial charge in [-0.2, -0.15) is 13.2 Å². The molecule has 3 rings (SSSR count). The molecule has 1 aliphatic heterocycles. The predicted octanol–water partition coefficient (Wildman–Crippen LogP) is 5.49. The summed E-state index contributed by atoms with van der Waals surface area (Å²) in [7, 11) is 0. The van der Waals surface area contributed by atoms with Crippen molar-refractivity contribution in [1.82, 2.24) is 0 Å². The molecule has 0 radical (unpaired) electrons. The molecule has 6 nitrogen and oxygen atoms in total. The first kappa shape index (κ1) is 21.3. The molecule has 1 fully saturated rings. The number of hydrogen-bond acceptors (Lipinski definition) is 6. The first-order valence-electron chi connectivity index (χ1n) is 7.61. The summed E-state index contributed by atoms with van der Waals surface area (Å²) in [5, 5.41) is 20.8. The number of nitro groups is 1. The van der Waals surface area contributed by atoms with E-state index < -0.39 is 34.0 Å². The molecule has 0 atom stereocenters. The third-order valence-corrected chi connectivity index (χ3v) is 5.69. The number of amides is 1. The third-order valence-electron chi connectivity index (χ3n) is 3.79. The number of alkyl halides is 3. The van der Waals surface area contributed by atoms with Crippen molar-refractivity contribution in [2.75, 3.05) is 4.90 Å². The molecule has 0 aliphatic carbocycles. The van der Waals surface area contributed by atoms with Crippen molar-refractivity contribution in [1.29, 1.82) is 0 Å². The van der Waals surface area contributed by atoms with Crippen LogP contribution in [-0.2, 0) is 11.0 Å². The second-order valence-corrected chi connectivity index (χ2v) is 8.22. The summed E-state index contributed by atoms with van der Waals surface area (Å²) in [5.74, 6) is -1.23. The van der Waals surface area contributed by atoms with Crippen LogP contribution in [0.1, 0.15) is 11.1 Å². The molecule has 1 N–H and O–H groups in total. The Labute approximate surface area is 179 Å². The van der Waals surface area contributed by atoms with E-state index in [1.807, 2.05) is 0 Å². The summed E-state index contributed by atoms with van der Waals surface area (Å²) in [6.07, 6.45) is -3.27. The summed E-state index contributed by atoms with van der Waals surface area (Å²) in [5.41, 5.74) is -1.31. The number of phenols is 1. The number of nitro benzene ring substituents is 1. The molecule has 1 heterocycles. The van der Waals surface area contributed by atoms with Gasteiger partial charge >= 0.3 is 11.9 Å². The zero-order valence-corrected chi connectivity index (χ0v) is 17.2. The van der Waals surface area contributed by atoms with E-state index in [9.17, 15) is 33.2 Å². The monoisotopic (exact) mass is 504 g/mol. The number of aromatic hydroxyl groups is 1. The van der Waals surface area contributed by atoms with Crippen molar-refractivity contribution in [3.63, 3.8) is 0 Å². The van der Waals surface area contributed by atoms with Crippen LogP contribution >= 0.6 is 39.9 Å². The van der Waals surface area contributed by atoms with Crippen molar-refractivity contribution >= 4 is 67.6 Å². The van der Waals surface area contributed by atoms with Gasteiger partial charge in [0, 0.05) is 6.07 Å². The molecule has 2 aromatic rings. The number of benzene rings is 2. The first-order valence-corrected chi connectivity index (χ1v) is 9.63. The lowest BCUT2D eigenvalue weighted by Gasteiger charge is -2.16. The van der Waals surface area contributed by atoms with Gasteiger partial charge in [0.05, 0.1) is 25.6 Å². The van der Waals surface area contributed by atoms with Gasteiger partial charge in [0.1, 0.15) is 0 Å². The number of hydrogen-bond donors (Lipinski definition) is 1. The van der Waals surface area contributed by atoms with Crippen LogP contribution in [0.25, 0.3) is 6.08 Å². The maximum Gasteiger partial charge on any atom is 0.416 e. The number of halogens is 4. The van der Waals surface area contributed by atoms with Crippen molar-refractivity contribution in [2.45, 2.75) is 6.18 Å². The normalized spacial score (nSPS) is 16.0. The number of thiocarbonyl (C=S) groups is 1. The van der Waals surface area contributed by atoms with E-state index in [0.29, 0.717) is 0 Å². The summed E-state index contributed by atoms with van der Waals surface area (Å²) in [6.45, 7) is 0. The van der Waals surface area contributed by atoms with E-state index in [2.05, 4.69) is 15.9 Å². The molecule has 1 amide bonds. The minimum absolute atomic E-state index is 0.0212. The Morgan fingerprint density at radius 2 is 1.97 bits per heavy atom. The van der Waals surface area contributed by atoms with Gasteiger partial charge in [-0.15, -0.1) is 0 Å². The van der Waals surface area contributed by atoms with Crippen LogP contribution in [0.5, 0.6) is 5.75 Å². The topological polar surface area (TPSA) is 83.7 Å². The van der Waals surface area contributed by atoms with Gasteiger partial charge in [0.25, 0.3) is 5.91 Å². The fourth-order valence-electron chi connectivity index (χ4n) is 2.49. The minimum atomic E-state index is -4.58. The van der Waals surface area contributed by atoms with Gasteiger partial charge in [-0.25, -0.2) is 0 Å². The van der Waals surface area contributed by atoms with Crippen LogP contribution in [0.15, 0.2) is 45.8 Å². The SMILES string of the molecule is O=C1/C(=C/c2cc(Br)c(O)c([N+](=O)[O-])c2)SC(=S)N1c1cccc(C(F)(F)F)c1. The van der Waals surface area contributed by atoms with Crippen LogP contribution < -0.4 is 4.90 Å². The van der Waals surface area contributed by atoms with E-state index in [1.54, 1.807) is 0 Å². The zero-order valence-electron chi connectivity index (χ0n) is 13.9. The van der Waals surface area contributed by atoms with E-state index in [4.69, 9.17) is 12.2 Å². The number of phenolic OH excluding ortho intramolecular Hbond substituents is 1. The van der Waals surface area contributed by atoms with E-state index >= 15 is 0 Å². The molecule has 0 aromatic heterocycles. The molecule has 0 bridgehead atoms. The summed E-state index contributed by atoms with van der Waals surface area (Å²) in [6, 6.07) is 6.61. The third kappa shape index (κ3) is 4.28. The van der Waals surface area contributed by atoms with Crippen molar-refractivity contribution in [3.8, 4) is 5.75 Å². The number of carbonyl (C=O) groups excluding carboxylic acids is 1.